The van der Waals surface area contributed by atoms with Crippen molar-refractivity contribution in [3.8, 4) is 0 Å². The maximum Gasteiger partial charge on any atom is 0.243 e. The number of rotatable bonds is 5. The number of piperidine rings is 1. The summed E-state index contributed by atoms with van der Waals surface area (Å²) in [5.41, 5.74) is -0.452. The number of anilines is 1. The van der Waals surface area contributed by atoms with Crippen molar-refractivity contribution in [2.24, 2.45) is 5.92 Å². The third kappa shape index (κ3) is 4.51. The molecule has 3 rings (SSSR count). The Hall–Kier alpha value is -2.32. The number of sulfonamides is 1. The van der Waals surface area contributed by atoms with Gasteiger partial charge < -0.3 is 5.32 Å². The number of hydrogen-bond acceptors (Lipinski definition) is 3. The summed E-state index contributed by atoms with van der Waals surface area (Å²) >= 11 is 0. The summed E-state index contributed by atoms with van der Waals surface area (Å²) in [6.07, 6.45) is 1.12. The summed E-state index contributed by atoms with van der Waals surface area (Å²) in [5.74, 6) is -2.18. The summed E-state index contributed by atoms with van der Waals surface area (Å²) in [6, 6.07) is 11.6. The van der Waals surface area contributed by atoms with Gasteiger partial charge in [-0.15, -0.1) is 0 Å². The number of nitrogens with one attached hydrogen (secondary N) is 1. The average Bonchev–Trinajstić information content (AvgIpc) is 2.66. The van der Waals surface area contributed by atoms with Gasteiger partial charge in [-0.1, -0.05) is 24.3 Å². The molecule has 1 fully saturated rings. The first-order chi connectivity index (χ1) is 12.9. The molecule has 27 heavy (non-hydrogen) atoms. The van der Waals surface area contributed by atoms with Gasteiger partial charge in [0, 0.05) is 19.5 Å². The normalized spacial score (nSPS) is 16.2. The van der Waals surface area contributed by atoms with Gasteiger partial charge in [-0.2, -0.15) is 4.31 Å². The van der Waals surface area contributed by atoms with Crippen LogP contribution in [-0.4, -0.2) is 31.7 Å². The number of hydrogen-bond donors (Lipinski definition) is 1. The second kappa shape index (κ2) is 8.14. The van der Waals surface area contributed by atoms with E-state index in [1.54, 1.807) is 30.3 Å². The SMILES string of the molecule is O=C(CC1CCN(S(=O)(=O)c2ccccc2)CC1)Nc1c(F)cccc1F. The van der Waals surface area contributed by atoms with E-state index in [1.165, 1.54) is 10.4 Å². The molecule has 1 aliphatic rings. The van der Waals surface area contributed by atoms with Crippen LogP contribution in [0.5, 0.6) is 0 Å². The zero-order valence-electron chi connectivity index (χ0n) is 14.6. The zero-order valence-corrected chi connectivity index (χ0v) is 15.4. The smallest absolute Gasteiger partial charge is 0.243 e. The Morgan fingerprint density at radius 2 is 1.59 bits per heavy atom. The van der Waals surface area contributed by atoms with Gasteiger partial charge in [0.2, 0.25) is 15.9 Å². The van der Waals surface area contributed by atoms with Crippen LogP contribution in [0, 0.1) is 17.6 Å². The Bertz CT molecular complexity index is 892. The van der Waals surface area contributed by atoms with Crippen LogP contribution in [0.3, 0.4) is 0 Å². The van der Waals surface area contributed by atoms with Crippen molar-refractivity contribution in [2.75, 3.05) is 18.4 Å². The van der Waals surface area contributed by atoms with E-state index in [1.807, 2.05) is 0 Å². The molecule has 1 heterocycles. The van der Waals surface area contributed by atoms with Crippen molar-refractivity contribution in [1.29, 1.82) is 0 Å². The maximum absolute atomic E-state index is 13.6. The Balaban J connectivity index is 1.56. The van der Waals surface area contributed by atoms with Crippen LogP contribution >= 0.6 is 0 Å². The first-order valence-electron chi connectivity index (χ1n) is 8.67. The van der Waals surface area contributed by atoms with Crippen LogP contribution in [0.25, 0.3) is 0 Å². The van der Waals surface area contributed by atoms with E-state index in [9.17, 15) is 22.0 Å². The van der Waals surface area contributed by atoms with Crippen molar-refractivity contribution >= 4 is 21.6 Å². The monoisotopic (exact) mass is 394 g/mol. The molecular weight excluding hydrogens is 374 g/mol. The van der Waals surface area contributed by atoms with Crippen LogP contribution in [-0.2, 0) is 14.8 Å². The van der Waals surface area contributed by atoms with Crippen LogP contribution in [0.4, 0.5) is 14.5 Å². The fourth-order valence-corrected chi connectivity index (χ4v) is 4.66. The van der Waals surface area contributed by atoms with Gasteiger partial charge in [0.05, 0.1) is 4.90 Å². The number of benzene rings is 2. The van der Waals surface area contributed by atoms with Crippen molar-refractivity contribution in [2.45, 2.75) is 24.2 Å². The molecule has 0 bridgehead atoms. The molecule has 1 aliphatic heterocycles. The number of para-hydroxylation sites is 1. The lowest BCUT2D eigenvalue weighted by molar-refractivity contribution is -0.117. The average molecular weight is 394 g/mol. The molecule has 144 valence electrons. The Morgan fingerprint density at radius 1 is 1.00 bits per heavy atom. The van der Waals surface area contributed by atoms with E-state index < -0.39 is 33.3 Å². The number of amides is 1. The number of carbonyl (C=O) groups is 1. The van der Waals surface area contributed by atoms with Crippen molar-refractivity contribution < 1.29 is 22.0 Å². The number of carbonyl (C=O) groups excluding carboxylic acids is 1. The maximum atomic E-state index is 13.6. The summed E-state index contributed by atoms with van der Waals surface area (Å²) < 4.78 is 53.8. The molecule has 2 aromatic rings. The predicted octanol–water partition coefficient (Wildman–Crippen LogP) is 3.39. The lowest BCUT2D eigenvalue weighted by atomic mass is 9.94. The first-order valence-corrected chi connectivity index (χ1v) is 10.1. The summed E-state index contributed by atoms with van der Waals surface area (Å²) in [5, 5.41) is 2.27. The Kier molecular flexibility index (Phi) is 5.86. The van der Waals surface area contributed by atoms with Crippen molar-refractivity contribution in [3.05, 3.63) is 60.2 Å². The molecule has 2 aromatic carbocycles. The van der Waals surface area contributed by atoms with E-state index in [2.05, 4.69) is 5.32 Å². The Labute approximate surface area is 157 Å². The van der Waals surface area contributed by atoms with E-state index in [0.717, 1.165) is 12.1 Å². The topological polar surface area (TPSA) is 66.5 Å². The Morgan fingerprint density at radius 3 is 2.19 bits per heavy atom. The van der Waals surface area contributed by atoms with Gasteiger partial charge in [0.25, 0.3) is 0 Å². The lowest BCUT2D eigenvalue weighted by Crippen LogP contribution is -2.39. The molecule has 0 spiro atoms. The van der Waals surface area contributed by atoms with Gasteiger partial charge >= 0.3 is 0 Å². The third-order valence-electron chi connectivity index (χ3n) is 4.66. The molecule has 0 atom stereocenters. The molecule has 0 radical (unpaired) electrons. The minimum absolute atomic E-state index is 0.0398. The highest BCUT2D eigenvalue weighted by molar-refractivity contribution is 7.89. The molecule has 1 saturated heterocycles. The highest BCUT2D eigenvalue weighted by Gasteiger charge is 2.30. The molecule has 8 heteroatoms. The highest BCUT2D eigenvalue weighted by Crippen LogP contribution is 2.26. The second-order valence-electron chi connectivity index (χ2n) is 6.51. The fraction of sp³-hybridized carbons (Fsp3) is 0.316. The van der Waals surface area contributed by atoms with E-state index in [4.69, 9.17) is 0 Å². The van der Waals surface area contributed by atoms with Crippen LogP contribution in [0.15, 0.2) is 53.4 Å². The van der Waals surface area contributed by atoms with Crippen molar-refractivity contribution in [1.82, 2.24) is 4.31 Å². The summed E-state index contributed by atoms with van der Waals surface area (Å²) in [6.45, 7) is 0.618. The van der Waals surface area contributed by atoms with Gasteiger partial charge in [0.1, 0.15) is 17.3 Å². The quantitative estimate of drug-likeness (QED) is 0.845. The molecule has 0 saturated carbocycles. The van der Waals surface area contributed by atoms with Gasteiger partial charge in [-0.3, -0.25) is 4.79 Å². The van der Waals surface area contributed by atoms with Crippen molar-refractivity contribution in [3.63, 3.8) is 0 Å². The fourth-order valence-electron chi connectivity index (χ4n) is 3.17. The van der Waals surface area contributed by atoms with Crippen LogP contribution in [0.2, 0.25) is 0 Å². The number of halogens is 2. The van der Waals surface area contributed by atoms with E-state index in [0.29, 0.717) is 25.9 Å². The molecule has 1 N–H and O–H groups in total. The van der Waals surface area contributed by atoms with Gasteiger partial charge in [-0.05, 0) is 43.0 Å². The standard InChI is InChI=1S/C19H20F2N2O3S/c20-16-7-4-8-17(21)19(16)22-18(24)13-14-9-11-23(12-10-14)27(25,26)15-5-2-1-3-6-15/h1-8,14H,9-13H2,(H,22,24). The minimum Gasteiger partial charge on any atom is -0.321 e. The van der Waals surface area contributed by atoms with Gasteiger partial charge in [-0.25, -0.2) is 17.2 Å². The highest BCUT2D eigenvalue weighted by atomic mass is 32.2. The van der Waals surface area contributed by atoms with Crippen LogP contribution in [0.1, 0.15) is 19.3 Å². The molecule has 0 aromatic heterocycles. The first kappa shape index (κ1) is 19.4. The van der Waals surface area contributed by atoms with E-state index in [-0.39, 0.29) is 17.2 Å². The second-order valence-corrected chi connectivity index (χ2v) is 8.45. The summed E-state index contributed by atoms with van der Waals surface area (Å²) in [7, 11) is -3.54. The molecule has 5 nitrogen and oxygen atoms in total. The third-order valence-corrected chi connectivity index (χ3v) is 6.57. The predicted molar refractivity (Wildman–Crippen MR) is 97.5 cm³/mol. The molecule has 0 unspecified atom stereocenters. The molecular formula is C19H20F2N2O3S. The largest absolute Gasteiger partial charge is 0.321 e. The molecule has 0 aliphatic carbocycles. The zero-order chi connectivity index (χ0) is 19.4. The molecule has 1 amide bonds. The number of nitrogens with zero attached hydrogens (tertiary/aromatic N) is 1. The summed E-state index contributed by atoms with van der Waals surface area (Å²) in [4.78, 5) is 12.4. The lowest BCUT2D eigenvalue weighted by Gasteiger charge is -2.31. The van der Waals surface area contributed by atoms with Gasteiger partial charge in [0.15, 0.2) is 0 Å². The van der Waals surface area contributed by atoms with E-state index >= 15 is 0 Å². The van der Waals surface area contributed by atoms with Crippen LogP contribution < -0.4 is 5.32 Å². The minimum atomic E-state index is -3.54.